The van der Waals surface area contributed by atoms with Crippen molar-refractivity contribution >= 4 is 39.3 Å². The normalized spacial score (nSPS) is 22.9. The van der Waals surface area contributed by atoms with Crippen molar-refractivity contribution < 1.29 is 14.3 Å². The summed E-state index contributed by atoms with van der Waals surface area (Å²) in [6.07, 6.45) is 3.19. The van der Waals surface area contributed by atoms with Gasteiger partial charge < -0.3 is 19.7 Å². The van der Waals surface area contributed by atoms with E-state index in [1.165, 1.54) is 0 Å². The summed E-state index contributed by atoms with van der Waals surface area (Å²) in [7, 11) is 0. The van der Waals surface area contributed by atoms with E-state index in [9.17, 15) is 4.79 Å². The van der Waals surface area contributed by atoms with Crippen molar-refractivity contribution in [2.75, 3.05) is 5.32 Å². The molecular weight excluding hydrogens is 428 g/mol. The molecule has 2 N–H and O–H groups in total. The molecule has 0 aromatic carbocycles. The number of aromatic nitrogens is 4. The molecule has 0 aliphatic carbocycles. The van der Waals surface area contributed by atoms with Crippen LogP contribution in [0.2, 0.25) is 0 Å². The number of nitrogens with zero attached hydrogens (tertiary/aromatic N) is 4. The van der Waals surface area contributed by atoms with E-state index in [2.05, 4.69) is 25.5 Å². The van der Waals surface area contributed by atoms with Crippen LogP contribution in [0.3, 0.4) is 0 Å². The first kappa shape index (κ1) is 21.0. The Morgan fingerprint density at radius 2 is 2.00 bits per heavy atom. The predicted octanol–water partition coefficient (Wildman–Crippen LogP) is 4.78. The van der Waals surface area contributed by atoms with Crippen molar-refractivity contribution in [1.29, 1.82) is 0 Å². The van der Waals surface area contributed by atoms with E-state index in [0.29, 0.717) is 17.6 Å². The molecule has 170 valence electrons. The highest BCUT2D eigenvalue weighted by Gasteiger charge is 2.45. The van der Waals surface area contributed by atoms with Crippen LogP contribution in [-0.2, 0) is 4.74 Å². The van der Waals surface area contributed by atoms with Gasteiger partial charge in [0.25, 0.3) is 0 Å². The lowest BCUT2D eigenvalue weighted by Gasteiger charge is -2.39. The van der Waals surface area contributed by atoms with Crippen molar-refractivity contribution in [3.05, 3.63) is 23.2 Å². The maximum Gasteiger partial charge on any atom is 0.410 e. The van der Waals surface area contributed by atoms with Crippen molar-refractivity contribution in [3.63, 3.8) is 0 Å². The number of aromatic amines is 1. The minimum absolute atomic E-state index is 0.0379. The summed E-state index contributed by atoms with van der Waals surface area (Å²) in [5.74, 6) is 1.37. The Kier molecular flexibility index (Phi) is 5.19. The maximum absolute atomic E-state index is 12.7. The lowest BCUT2D eigenvalue weighted by Crippen LogP contribution is -2.50. The molecule has 10 heteroatoms. The zero-order valence-electron chi connectivity index (χ0n) is 18.7. The smallest absolute Gasteiger partial charge is 0.410 e. The topological polar surface area (TPSA) is 105 Å². The first-order valence-corrected chi connectivity index (χ1v) is 11.9. The first-order chi connectivity index (χ1) is 15.2. The van der Waals surface area contributed by atoms with Gasteiger partial charge in [-0.2, -0.15) is 15.1 Å². The minimum atomic E-state index is -0.496. The molecule has 0 spiro atoms. The van der Waals surface area contributed by atoms with E-state index in [1.54, 1.807) is 11.3 Å². The monoisotopic (exact) mass is 456 g/mol. The second-order valence-electron chi connectivity index (χ2n) is 9.54. The molecule has 0 unspecified atom stereocenters. The van der Waals surface area contributed by atoms with Crippen molar-refractivity contribution in [1.82, 2.24) is 25.1 Å². The molecule has 0 radical (unpaired) electrons. The Morgan fingerprint density at radius 3 is 2.66 bits per heavy atom. The number of thiophene rings is 1. The van der Waals surface area contributed by atoms with Crippen LogP contribution in [0.5, 0.6) is 6.01 Å². The van der Waals surface area contributed by atoms with Crippen LogP contribution in [0, 0.1) is 6.92 Å². The fraction of sp³-hybridized carbons (Fsp3) is 0.545. The second kappa shape index (κ2) is 7.91. The van der Waals surface area contributed by atoms with Crippen LogP contribution in [-0.4, -0.2) is 54.9 Å². The summed E-state index contributed by atoms with van der Waals surface area (Å²) < 4.78 is 11.9. The number of ether oxygens (including phenoxy) is 2. The predicted molar refractivity (Wildman–Crippen MR) is 123 cm³/mol. The maximum atomic E-state index is 12.7. The van der Waals surface area contributed by atoms with Gasteiger partial charge in [-0.15, -0.1) is 11.3 Å². The Balaban J connectivity index is 1.32. The quantitative estimate of drug-likeness (QED) is 0.582. The molecule has 2 bridgehead atoms. The molecule has 3 aromatic heterocycles. The van der Waals surface area contributed by atoms with Gasteiger partial charge in [-0.1, -0.05) is 0 Å². The molecule has 9 nitrogen and oxygen atoms in total. The fourth-order valence-electron chi connectivity index (χ4n) is 4.57. The van der Waals surface area contributed by atoms with Gasteiger partial charge in [0.15, 0.2) is 5.82 Å². The molecule has 2 saturated heterocycles. The van der Waals surface area contributed by atoms with Crippen molar-refractivity contribution in [3.8, 4) is 6.01 Å². The largest absolute Gasteiger partial charge is 0.460 e. The van der Waals surface area contributed by atoms with Gasteiger partial charge in [0.05, 0.1) is 5.39 Å². The van der Waals surface area contributed by atoms with Gasteiger partial charge in [-0.3, -0.25) is 5.10 Å². The third kappa shape index (κ3) is 4.23. The summed E-state index contributed by atoms with van der Waals surface area (Å²) >= 11 is 1.55. The number of carbonyl (C=O) groups is 1. The lowest BCUT2D eigenvalue weighted by atomic mass is 10.0. The zero-order valence-corrected chi connectivity index (χ0v) is 19.5. The molecule has 2 aliphatic heterocycles. The molecule has 32 heavy (non-hydrogen) atoms. The highest BCUT2D eigenvalue weighted by Crippen LogP contribution is 2.38. The van der Waals surface area contributed by atoms with E-state index in [-0.39, 0.29) is 24.3 Å². The van der Waals surface area contributed by atoms with Gasteiger partial charge >= 0.3 is 12.1 Å². The number of nitrogens with one attached hydrogen (secondary N) is 2. The van der Waals surface area contributed by atoms with E-state index >= 15 is 0 Å². The van der Waals surface area contributed by atoms with Crippen molar-refractivity contribution in [2.24, 2.45) is 0 Å². The molecule has 2 fully saturated rings. The van der Waals surface area contributed by atoms with Crippen LogP contribution in [0.25, 0.3) is 10.2 Å². The molecule has 5 rings (SSSR count). The number of hydrogen-bond acceptors (Lipinski definition) is 8. The molecule has 2 aliphatic rings. The molecule has 0 saturated carbocycles. The number of hydrogen-bond donors (Lipinski definition) is 2. The van der Waals surface area contributed by atoms with E-state index < -0.39 is 5.60 Å². The van der Waals surface area contributed by atoms with Gasteiger partial charge in [0.1, 0.15) is 22.4 Å². The number of fused-ring (bicyclic) bond motifs is 3. The summed E-state index contributed by atoms with van der Waals surface area (Å²) in [5, 5.41) is 13.4. The number of carbonyl (C=O) groups excluding carboxylic acids is 1. The average Bonchev–Trinajstić information content (AvgIpc) is 3.39. The Morgan fingerprint density at radius 1 is 1.25 bits per heavy atom. The summed E-state index contributed by atoms with van der Waals surface area (Å²) in [5.41, 5.74) is 0.469. The number of H-pyrrole nitrogens is 1. The van der Waals surface area contributed by atoms with Gasteiger partial charge in [0, 0.05) is 36.7 Å². The molecule has 3 atom stereocenters. The fourth-order valence-corrected chi connectivity index (χ4v) is 5.33. The SMILES string of the molecule is Cc1cc(Nc2nc(O[C@@H]3C[C@H]4CC[C@@H](C3)N4C(=O)OC(C)(C)C)nc3sccc23)n[nH]1. The highest BCUT2D eigenvalue weighted by atomic mass is 32.1. The van der Waals surface area contributed by atoms with E-state index in [1.807, 2.05) is 50.1 Å². The van der Waals surface area contributed by atoms with E-state index in [0.717, 1.165) is 41.6 Å². The molecule has 1 amide bonds. The van der Waals surface area contributed by atoms with E-state index in [4.69, 9.17) is 9.47 Å². The summed E-state index contributed by atoms with van der Waals surface area (Å²) in [6, 6.07) is 4.52. The standard InChI is InChI=1S/C22H28N6O3S/c1-12-9-17(27-26-12)23-18-16-7-8-32-19(16)25-20(24-18)30-15-10-13-5-6-14(11-15)28(13)21(29)31-22(2,3)4/h7-9,13-15H,5-6,10-11H2,1-4H3,(H2,23,24,25,26,27)/t13-,14+,15-. The Hall–Kier alpha value is -2.88. The van der Waals surface area contributed by atoms with Crippen LogP contribution in [0.4, 0.5) is 16.4 Å². The van der Waals surface area contributed by atoms with Gasteiger partial charge in [-0.05, 0) is 52.0 Å². The van der Waals surface area contributed by atoms with Crippen LogP contribution < -0.4 is 10.1 Å². The molecular formula is C22H28N6O3S. The van der Waals surface area contributed by atoms with Crippen molar-refractivity contribution in [2.45, 2.75) is 77.2 Å². The molecule has 3 aromatic rings. The Labute approximate surface area is 190 Å². The summed E-state index contributed by atoms with van der Waals surface area (Å²) in [4.78, 5) is 24.7. The van der Waals surface area contributed by atoms with Crippen LogP contribution in [0.1, 0.15) is 52.1 Å². The third-order valence-electron chi connectivity index (χ3n) is 5.82. The lowest BCUT2D eigenvalue weighted by molar-refractivity contribution is -0.00811. The number of anilines is 2. The third-order valence-corrected chi connectivity index (χ3v) is 6.63. The Bertz CT molecular complexity index is 1120. The van der Waals surface area contributed by atoms with Gasteiger partial charge in [0.2, 0.25) is 0 Å². The number of amides is 1. The minimum Gasteiger partial charge on any atom is -0.460 e. The molecule has 5 heterocycles. The van der Waals surface area contributed by atoms with Crippen LogP contribution >= 0.6 is 11.3 Å². The van der Waals surface area contributed by atoms with Crippen LogP contribution in [0.15, 0.2) is 17.5 Å². The zero-order chi connectivity index (χ0) is 22.5. The number of aryl methyl sites for hydroxylation is 1. The summed E-state index contributed by atoms with van der Waals surface area (Å²) in [6.45, 7) is 7.65. The second-order valence-corrected chi connectivity index (χ2v) is 10.4. The number of piperidine rings is 1. The highest BCUT2D eigenvalue weighted by molar-refractivity contribution is 7.16. The average molecular weight is 457 g/mol. The first-order valence-electron chi connectivity index (χ1n) is 11.0. The number of rotatable bonds is 4. The van der Waals surface area contributed by atoms with Gasteiger partial charge in [-0.25, -0.2) is 4.79 Å².